The molecule has 0 radical (unpaired) electrons. The first-order valence-electron chi connectivity index (χ1n) is 8.70. The van der Waals surface area contributed by atoms with E-state index in [-0.39, 0.29) is 9.92 Å². The highest BCUT2D eigenvalue weighted by molar-refractivity contribution is 7.89. The lowest BCUT2D eigenvalue weighted by molar-refractivity contribution is 0.190. The van der Waals surface area contributed by atoms with Crippen LogP contribution < -0.4 is 4.74 Å². The molecule has 0 atom stereocenters. The highest BCUT2D eigenvalue weighted by atomic mass is 35.5. The molecule has 0 unspecified atom stereocenters. The van der Waals surface area contributed by atoms with Crippen LogP contribution in [0, 0.1) is 0 Å². The van der Waals surface area contributed by atoms with E-state index < -0.39 is 10.0 Å². The fourth-order valence-electron chi connectivity index (χ4n) is 3.09. The van der Waals surface area contributed by atoms with Gasteiger partial charge in [-0.25, -0.2) is 8.42 Å². The van der Waals surface area contributed by atoms with Gasteiger partial charge in [0.1, 0.15) is 10.6 Å². The molecule has 0 aromatic heterocycles. The van der Waals surface area contributed by atoms with Crippen LogP contribution in [-0.2, 0) is 16.4 Å². The van der Waals surface area contributed by atoms with Gasteiger partial charge in [0, 0.05) is 37.7 Å². The maximum atomic E-state index is 12.9. The van der Waals surface area contributed by atoms with E-state index in [1.54, 1.807) is 13.2 Å². The third kappa shape index (κ3) is 4.95. The van der Waals surface area contributed by atoms with Crippen molar-refractivity contribution in [1.29, 1.82) is 0 Å². The molecule has 0 spiro atoms. The van der Waals surface area contributed by atoms with Gasteiger partial charge in [0.15, 0.2) is 0 Å². The molecule has 1 heterocycles. The number of sulfonamides is 1. The third-order valence-corrected chi connectivity index (χ3v) is 7.33. The van der Waals surface area contributed by atoms with Crippen molar-refractivity contribution in [3.8, 4) is 5.75 Å². The van der Waals surface area contributed by atoms with Crippen LogP contribution >= 0.6 is 23.2 Å². The topological polar surface area (TPSA) is 49.9 Å². The highest BCUT2D eigenvalue weighted by Gasteiger charge is 2.30. The molecular weight excluding hydrogens is 407 g/mol. The van der Waals surface area contributed by atoms with E-state index in [1.807, 2.05) is 12.1 Å². The lowest BCUT2D eigenvalue weighted by Gasteiger charge is -2.34. The number of nitrogens with zero attached hydrogens (tertiary/aromatic N) is 2. The Labute approximate surface area is 170 Å². The largest absolute Gasteiger partial charge is 0.497 e. The molecule has 2 aromatic carbocycles. The van der Waals surface area contributed by atoms with Gasteiger partial charge in [-0.05, 0) is 42.3 Å². The summed E-state index contributed by atoms with van der Waals surface area (Å²) in [6, 6.07) is 12.5. The van der Waals surface area contributed by atoms with Crippen molar-refractivity contribution < 1.29 is 13.2 Å². The van der Waals surface area contributed by atoms with Crippen LogP contribution in [0.3, 0.4) is 0 Å². The SMILES string of the molecule is COc1ccc(CCN2CCN(S(=O)(=O)c3cc(Cl)ccc3Cl)CC2)cc1. The predicted molar refractivity (Wildman–Crippen MR) is 108 cm³/mol. The number of piperazine rings is 1. The van der Waals surface area contributed by atoms with Crippen LogP contribution in [0.2, 0.25) is 10.0 Å². The van der Waals surface area contributed by atoms with Crippen molar-refractivity contribution in [2.45, 2.75) is 11.3 Å². The molecule has 1 saturated heterocycles. The quantitative estimate of drug-likeness (QED) is 0.705. The lowest BCUT2D eigenvalue weighted by atomic mass is 10.1. The van der Waals surface area contributed by atoms with Gasteiger partial charge in [-0.1, -0.05) is 35.3 Å². The molecule has 1 aliphatic rings. The van der Waals surface area contributed by atoms with Crippen LogP contribution in [0.1, 0.15) is 5.56 Å². The summed E-state index contributed by atoms with van der Waals surface area (Å²) in [5.41, 5.74) is 1.23. The van der Waals surface area contributed by atoms with Gasteiger partial charge in [-0.3, -0.25) is 0 Å². The minimum atomic E-state index is -3.64. The summed E-state index contributed by atoms with van der Waals surface area (Å²) in [6.07, 6.45) is 0.914. The van der Waals surface area contributed by atoms with Crippen molar-refractivity contribution in [3.05, 3.63) is 58.1 Å². The average Bonchev–Trinajstić information content (AvgIpc) is 2.69. The number of methoxy groups -OCH3 is 1. The molecule has 5 nitrogen and oxygen atoms in total. The van der Waals surface area contributed by atoms with Crippen molar-refractivity contribution >= 4 is 33.2 Å². The Balaban J connectivity index is 1.57. The Bertz CT molecular complexity index is 880. The summed E-state index contributed by atoms with van der Waals surface area (Å²) in [7, 11) is -1.99. The number of halogens is 2. The van der Waals surface area contributed by atoms with E-state index in [0.717, 1.165) is 18.7 Å². The van der Waals surface area contributed by atoms with E-state index in [1.165, 1.54) is 22.0 Å². The Morgan fingerprint density at radius 2 is 1.67 bits per heavy atom. The van der Waals surface area contributed by atoms with Gasteiger partial charge in [0.05, 0.1) is 12.1 Å². The van der Waals surface area contributed by atoms with Gasteiger partial charge < -0.3 is 9.64 Å². The Morgan fingerprint density at radius 1 is 1.00 bits per heavy atom. The van der Waals surface area contributed by atoms with Crippen LogP contribution in [0.15, 0.2) is 47.4 Å². The number of rotatable bonds is 6. The van der Waals surface area contributed by atoms with E-state index in [2.05, 4.69) is 17.0 Å². The number of hydrogen-bond donors (Lipinski definition) is 0. The minimum absolute atomic E-state index is 0.0725. The number of benzene rings is 2. The van der Waals surface area contributed by atoms with Gasteiger partial charge in [-0.15, -0.1) is 0 Å². The summed E-state index contributed by atoms with van der Waals surface area (Å²) in [4.78, 5) is 2.35. The molecule has 0 aliphatic carbocycles. The molecule has 146 valence electrons. The fraction of sp³-hybridized carbons (Fsp3) is 0.368. The molecule has 0 N–H and O–H groups in total. The number of ether oxygens (including phenoxy) is 1. The summed E-state index contributed by atoms with van der Waals surface area (Å²) in [6.45, 7) is 3.14. The van der Waals surface area contributed by atoms with Gasteiger partial charge in [0.25, 0.3) is 0 Å². The van der Waals surface area contributed by atoms with E-state index in [0.29, 0.717) is 31.2 Å². The summed E-state index contributed by atoms with van der Waals surface area (Å²) < 4.78 is 32.4. The van der Waals surface area contributed by atoms with Gasteiger partial charge in [0.2, 0.25) is 10.0 Å². The smallest absolute Gasteiger partial charge is 0.244 e. The predicted octanol–water partition coefficient (Wildman–Crippen LogP) is 3.55. The van der Waals surface area contributed by atoms with Crippen LogP contribution in [0.5, 0.6) is 5.75 Å². The Kier molecular flexibility index (Phi) is 6.65. The standard InChI is InChI=1S/C19H22Cl2N2O3S/c1-26-17-5-2-15(3-6-17)8-9-22-10-12-23(13-11-22)27(24,25)19-14-16(20)4-7-18(19)21/h2-7,14H,8-13H2,1H3. The average molecular weight is 429 g/mol. The second-order valence-corrected chi connectivity index (χ2v) is 9.17. The first kappa shape index (κ1) is 20.4. The Hall–Kier alpha value is -1.31. The second-order valence-electron chi connectivity index (χ2n) is 6.42. The zero-order valence-electron chi connectivity index (χ0n) is 15.1. The van der Waals surface area contributed by atoms with Crippen molar-refractivity contribution in [1.82, 2.24) is 9.21 Å². The zero-order chi connectivity index (χ0) is 19.4. The first-order valence-corrected chi connectivity index (χ1v) is 10.9. The van der Waals surface area contributed by atoms with E-state index >= 15 is 0 Å². The minimum Gasteiger partial charge on any atom is -0.497 e. The molecule has 0 saturated carbocycles. The van der Waals surface area contributed by atoms with Gasteiger partial charge >= 0.3 is 0 Å². The monoisotopic (exact) mass is 428 g/mol. The van der Waals surface area contributed by atoms with Crippen molar-refractivity contribution in [3.63, 3.8) is 0 Å². The normalized spacial score (nSPS) is 16.4. The molecule has 0 amide bonds. The summed E-state index contributed by atoms with van der Waals surface area (Å²) >= 11 is 12.0. The molecule has 27 heavy (non-hydrogen) atoms. The molecule has 3 rings (SSSR count). The molecule has 2 aromatic rings. The van der Waals surface area contributed by atoms with Crippen molar-refractivity contribution in [2.24, 2.45) is 0 Å². The van der Waals surface area contributed by atoms with Crippen LogP contribution in [-0.4, -0.2) is 57.5 Å². The van der Waals surface area contributed by atoms with E-state index in [4.69, 9.17) is 27.9 Å². The van der Waals surface area contributed by atoms with Crippen molar-refractivity contribution in [2.75, 3.05) is 39.8 Å². The molecule has 1 fully saturated rings. The molecule has 1 aliphatic heterocycles. The first-order chi connectivity index (χ1) is 12.9. The van der Waals surface area contributed by atoms with Gasteiger partial charge in [-0.2, -0.15) is 4.31 Å². The number of hydrogen-bond acceptors (Lipinski definition) is 4. The fourth-order valence-corrected chi connectivity index (χ4v) is 5.25. The third-order valence-electron chi connectivity index (χ3n) is 4.72. The van der Waals surface area contributed by atoms with Crippen LogP contribution in [0.4, 0.5) is 0 Å². The maximum absolute atomic E-state index is 12.9. The zero-order valence-corrected chi connectivity index (χ0v) is 17.4. The second kappa shape index (κ2) is 8.80. The molecule has 0 bridgehead atoms. The lowest BCUT2D eigenvalue weighted by Crippen LogP contribution is -2.49. The highest BCUT2D eigenvalue weighted by Crippen LogP contribution is 2.28. The van der Waals surface area contributed by atoms with E-state index in [9.17, 15) is 8.42 Å². The Morgan fingerprint density at radius 3 is 2.30 bits per heavy atom. The summed E-state index contributed by atoms with van der Waals surface area (Å²) in [5, 5.41) is 0.553. The molecule has 8 heteroatoms. The summed E-state index contributed by atoms with van der Waals surface area (Å²) in [5.74, 6) is 0.845. The molecular formula is C19H22Cl2N2O3S. The van der Waals surface area contributed by atoms with Crippen LogP contribution in [0.25, 0.3) is 0 Å². The maximum Gasteiger partial charge on any atom is 0.244 e.